The van der Waals surface area contributed by atoms with Gasteiger partial charge in [-0.25, -0.2) is 0 Å². The predicted octanol–water partition coefficient (Wildman–Crippen LogP) is -0.158. The number of halogens is 1. The number of carbonyl (C=O) groups is 1. The first-order valence-electron chi connectivity index (χ1n) is 6.33. The molecule has 0 aliphatic carbocycles. The predicted molar refractivity (Wildman–Crippen MR) is 74.3 cm³/mol. The molecule has 7 heteroatoms. The molecule has 6 nitrogen and oxygen atoms in total. The van der Waals surface area contributed by atoms with Crippen LogP contribution in [-0.4, -0.2) is 46.0 Å². The molecule has 19 heavy (non-hydrogen) atoms. The van der Waals surface area contributed by atoms with Gasteiger partial charge in [-0.05, 0) is 26.0 Å². The molecule has 0 bridgehead atoms. The van der Waals surface area contributed by atoms with Gasteiger partial charge in [0.25, 0.3) is 0 Å². The second-order valence-corrected chi connectivity index (χ2v) is 4.70. The minimum absolute atomic E-state index is 0. The highest BCUT2D eigenvalue weighted by atomic mass is 35.5. The maximum absolute atomic E-state index is 11.8. The third kappa shape index (κ3) is 4.81. The molecule has 1 aliphatic rings. The summed E-state index contributed by atoms with van der Waals surface area (Å²) in [6, 6.07) is 1.78. The molecule has 0 radical (unpaired) electrons. The number of hydrogen-bond donors (Lipinski definition) is 3. The Morgan fingerprint density at radius 2 is 2.47 bits per heavy atom. The first-order valence-corrected chi connectivity index (χ1v) is 6.33. The lowest BCUT2D eigenvalue weighted by atomic mass is 10.0. The fraction of sp³-hybridized carbons (Fsp3) is 0.667. The molecule has 2 heterocycles. The van der Waals surface area contributed by atoms with Gasteiger partial charge in [0.2, 0.25) is 5.91 Å². The smallest absolute Gasteiger partial charge is 0.222 e. The average molecular weight is 289 g/mol. The van der Waals surface area contributed by atoms with Crippen molar-refractivity contribution in [3.63, 3.8) is 0 Å². The third-order valence-corrected chi connectivity index (χ3v) is 3.14. The molecule has 2 atom stereocenters. The lowest BCUT2D eigenvalue weighted by molar-refractivity contribution is -0.123. The van der Waals surface area contributed by atoms with Crippen LogP contribution >= 0.6 is 12.4 Å². The number of nitrogens with zero attached hydrogens (tertiary/aromatic N) is 2. The van der Waals surface area contributed by atoms with E-state index in [0.29, 0.717) is 19.5 Å². The second kappa shape index (κ2) is 7.47. The zero-order chi connectivity index (χ0) is 13.0. The maximum Gasteiger partial charge on any atom is 0.222 e. The Kier molecular flexibility index (Phi) is 6.27. The van der Waals surface area contributed by atoms with Crippen LogP contribution in [0.5, 0.6) is 0 Å². The van der Waals surface area contributed by atoms with E-state index in [1.807, 2.05) is 19.2 Å². The number of carbonyl (C=O) groups excluding carboxylic acids is 1. The molecular formula is C12H21ClN4O2. The SMILES string of the molecule is Cc1ccn(CCC(=O)N[C@@H]2CCNC[C@H]2O)n1.Cl. The van der Waals surface area contributed by atoms with E-state index in [-0.39, 0.29) is 24.4 Å². The number of aromatic nitrogens is 2. The van der Waals surface area contributed by atoms with Crippen LogP contribution in [0, 0.1) is 6.92 Å². The highest BCUT2D eigenvalue weighted by Crippen LogP contribution is 2.04. The molecule has 1 aromatic rings. The number of hydrogen-bond acceptors (Lipinski definition) is 4. The molecule has 1 amide bonds. The van der Waals surface area contributed by atoms with Crippen molar-refractivity contribution < 1.29 is 9.90 Å². The third-order valence-electron chi connectivity index (χ3n) is 3.14. The lowest BCUT2D eigenvalue weighted by Crippen LogP contribution is -2.52. The number of piperidine rings is 1. The van der Waals surface area contributed by atoms with Crippen molar-refractivity contribution in [2.45, 2.75) is 38.5 Å². The Bertz CT molecular complexity index is 410. The zero-order valence-corrected chi connectivity index (χ0v) is 11.8. The maximum atomic E-state index is 11.8. The van der Waals surface area contributed by atoms with Gasteiger partial charge in [0, 0.05) is 25.7 Å². The standard InChI is InChI=1S/C12H20N4O2.ClH/c1-9-3-6-16(15-9)7-4-12(18)14-10-2-5-13-8-11(10)17;/h3,6,10-11,13,17H,2,4-5,7-8H2,1H3,(H,14,18);1H/t10-,11-;/m1./s1. The van der Waals surface area contributed by atoms with Crippen molar-refractivity contribution in [2.75, 3.05) is 13.1 Å². The van der Waals surface area contributed by atoms with E-state index in [1.165, 1.54) is 0 Å². The Hall–Kier alpha value is -1.11. The van der Waals surface area contributed by atoms with Crippen LogP contribution in [0.3, 0.4) is 0 Å². The summed E-state index contributed by atoms with van der Waals surface area (Å²) in [6.07, 6.45) is 2.53. The van der Waals surface area contributed by atoms with Gasteiger partial charge in [-0.1, -0.05) is 0 Å². The molecule has 3 N–H and O–H groups in total. The molecule has 1 aliphatic heterocycles. The minimum atomic E-state index is -0.491. The molecule has 0 spiro atoms. The van der Waals surface area contributed by atoms with Gasteiger partial charge in [0.05, 0.1) is 17.8 Å². The fourth-order valence-corrected chi connectivity index (χ4v) is 2.09. The quantitative estimate of drug-likeness (QED) is 0.719. The molecule has 108 valence electrons. The Balaban J connectivity index is 0.00000180. The van der Waals surface area contributed by atoms with Crippen molar-refractivity contribution in [3.05, 3.63) is 18.0 Å². The number of aliphatic hydroxyl groups excluding tert-OH is 1. The lowest BCUT2D eigenvalue weighted by Gasteiger charge is -2.29. The van der Waals surface area contributed by atoms with Crippen molar-refractivity contribution in [3.8, 4) is 0 Å². The zero-order valence-electron chi connectivity index (χ0n) is 11.0. The summed E-state index contributed by atoms with van der Waals surface area (Å²) < 4.78 is 1.76. The van der Waals surface area contributed by atoms with E-state index in [2.05, 4.69) is 15.7 Å². The van der Waals surface area contributed by atoms with E-state index in [0.717, 1.165) is 18.7 Å². The topological polar surface area (TPSA) is 79.2 Å². The van der Waals surface area contributed by atoms with Crippen molar-refractivity contribution in [2.24, 2.45) is 0 Å². The highest BCUT2D eigenvalue weighted by molar-refractivity contribution is 5.85. The molecule has 2 rings (SSSR count). The Labute approximate surface area is 119 Å². The van der Waals surface area contributed by atoms with Gasteiger partial charge in [-0.3, -0.25) is 9.48 Å². The van der Waals surface area contributed by atoms with Crippen molar-refractivity contribution in [1.82, 2.24) is 20.4 Å². The number of aryl methyl sites for hydroxylation is 2. The summed E-state index contributed by atoms with van der Waals surface area (Å²) in [5, 5.41) is 19.9. The van der Waals surface area contributed by atoms with E-state index in [4.69, 9.17) is 0 Å². The molecule has 1 fully saturated rings. The minimum Gasteiger partial charge on any atom is -0.390 e. The highest BCUT2D eigenvalue weighted by Gasteiger charge is 2.23. The van der Waals surface area contributed by atoms with Gasteiger partial charge in [0.15, 0.2) is 0 Å². The van der Waals surface area contributed by atoms with E-state index in [1.54, 1.807) is 4.68 Å². The number of amides is 1. The largest absolute Gasteiger partial charge is 0.390 e. The van der Waals surface area contributed by atoms with Gasteiger partial charge < -0.3 is 15.7 Å². The van der Waals surface area contributed by atoms with Crippen molar-refractivity contribution in [1.29, 1.82) is 0 Å². The molecule has 0 unspecified atom stereocenters. The second-order valence-electron chi connectivity index (χ2n) is 4.70. The van der Waals surface area contributed by atoms with Crippen LogP contribution in [0.4, 0.5) is 0 Å². The summed E-state index contributed by atoms with van der Waals surface area (Å²) in [4.78, 5) is 11.8. The molecular weight excluding hydrogens is 268 g/mol. The summed E-state index contributed by atoms with van der Waals surface area (Å²) in [6.45, 7) is 3.87. The number of rotatable bonds is 4. The van der Waals surface area contributed by atoms with Crippen LogP contribution < -0.4 is 10.6 Å². The molecule has 1 saturated heterocycles. The number of aliphatic hydroxyl groups is 1. The molecule has 1 aromatic heterocycles. The average Bonchev–Trinajstić information content (AvgIpc) is 2.76. The van der Waals surface area contributed by atoms with Gasteiger partial charge in [-0.15, -0.1) is 12.4 Å². The van der Waals surface area contributed by atoms with Crippen LogP contribution in [0.2, 0.25) is 0 Å². The molecule has 0 saturated carbocycles. The van der Waals surface area contributed by atoms with Crippen molar-refractivity contribution >= 4 is 18.3 Å². The van der Waals surface area contributed by atoms with Crippen LogP contribution in [0.15, 0.2) is 12.3 Å². The van der Waals surface area contributed by atoms with E-state index < -0.39 is 6.10 Å². The summed E-state index contributed by atoms with van der Waals surface area (Å²) in [5.74, 6) is -0.0332. The molecule has 0 aromatic carbocycles. The summed E-state index contributed by atoms with van der Waals surface area (Å²) in [5.41, 5.74) is 0.948. The van der Waals surface area contributed by atoms with Gasteiger partial charge >= 0.3 is 0 Å². The Morgan fingerprint density at radius 3 is 3.11 bits per heavy atom. The fourth-order valence-electron chi connectivity index (χ4n) is 2.09. The normalized spacial score (nSPS) is 22.6. The van der Waals surface area contributed by atoms with E-state index in [9.17, 15) is 9.90 Å². The van der Waals surface area contributed by atoms with Crippen LogP contribution in [0.1, 0.15) is 18.5 Å². The van der Waals surface area contributed by atoms with E-state index >= 15 is 0 Å². The van der Waals surface area contributed by atoms with Crippen LogP contribution in [-0.2, 0) is 11.3 Å². The monoisotopic (exact) mass is 288 g/mol. The first kappa shape index (κ1) is 15.9. The van der Waals surface area contributed by atoms with Gasteiger partial charge in [-0.2, -0.15) is 5.10 Å². The Morgan fingerprint density at radius 1 is 1.68 bits per heavy atom. The summed E-state index contributed by atoms with van der Waals surface area (Å²) in [7, 11) is 0. The summed E-state index contributed by atoms with van der Waals surface area (Å²) >= 11 is 0. The number of β-amino-alcohol motifs (C(OH)–C–C–N with tert-alkyl or cyclic N) is 1. The van der Waals surface area contributed by atoms with Gasteiger partial charge in [0.1, 0.15) is 0 Å². The van der Waals surface area contributed by atoms with Crippen LogP contribution in [0.25, 0.3) is 0 Å². The number of nitrogens with one attached hydrogen (secondary N) is 2. The first-order chi connectivity index (χ1) is 8.65.